The number of ether oxygens (including phenoxy) is 4. The summed E-state index contributed by atoms with van der Waals surface area (Å²) in [6.45, 7) is 6.71. The van der Waals surface area contributed by atoms with Crippen LogP contribution in [-0.4, -0.2) is 79.0 Å². The number of carbonyl (C=O) groups excluding carboxylic acids is 4. The summed E-state index contributed by atoms with van der Waals surface area (Å²) in [6.07, 6.45) is 11.5. The highest BCUT2D eigenvalue weighted by Crippen LogP contribution is 2.40. The van der Waals surface area contributed by atoms with E-state index in [-0.39, 0.29) is 36.9 Å². The van der Waals surface area contributed by atoms with E-state index < -0.39 is 30.4 Å². The van der Waals surface area contributed by atoms with Gasteiger partial charge in [-0.2, -0.15) is 0 Å². The van der Waals surface area contributed by atoms with Crippen LogP contribution in [0.1, 0.15) is 111 Å². The Kier molecular flexibility index (Phi) is 13.5. The van der Waals surface area contributed by atoms with Crippen LogP contribution in [0.3, 0.4) is 0 Å². The fourth-order valence-electron chi connectivity index (χ4n) is 6.05. The van der Waals surface area contributed by atoms with Crippen LogP contribution in [0.5, 0.6) is 0 Å². The van der Waals surface area contributed by atoms with Crippen molar-refractivity contribution in [3.63, 3.8) is 0 Å². The Hall–Kier alpha value is -2.36. The second-order valence-electron chi connectivity index (χ2n) is 11.6. The number of rotatable bonds is 17. The fourth-order valence-corrected chi connectivity index (χ4v) is 6.05. The fraction of sp³-hybridized carbons (Fsp3) is 0.867. The molecule has 3 fully saturated rings. The number of nitrogens with zero attached hydrogens (tertiary/aromatic N) is 1. The molecule has 3 rings (SSSR count). The quantitative estimate of drug-likeness (QED) is 0.152. The van der Waals surface area contributed by atoms with E-state index in [4.69, 9.17) is 18.9 Å². The van der Waals surface area contributed by atoms with Crippen molar-refractivity contribution >= 4 is 24.0 Å². The van der Waals surface area contributed by atoms with Gasteiger partial charge in [-0.05, 0) is 64.8 Å². The number of likely N-dealkylation sites (tertiary alicyclic amines) is 1. The molecule has 0 aromatic heterocycles. The van der Waals surface area contributed by atoms with Crippen molar-refractivity contribution in [2.45, 2.75) is 141 Å². The number of esters is 2. The van der Waals surface area contributed by atoms with Gasteiger partial charge in [0.15, 0.2) is 6.10 Å². The summed E-state index contributed by atoms with van der Waals surface area (Å²) in [6, 6.07) is -0.814. The minimum atomic E-state index is -0.743. The second-order valence-corrected chi connectivity index (χ2v) is 11.6. The summed E-state index contributed by atoms with van der Waals surface area (Å²) in [7, 11) is 0. The molecule has 2 saturated heterocycles. The van der Waals surface area contributed by atoms with Crippen molar-refractivity contribution in [1.29, 1.82) is 0 Å². The number of hydrogen-bond acceptors (Lipinski definition) is 9. The summed E-state index contributed by atoms with van der Waals surface area (Å²) < 4.78 is 20.7. The van der Waals surface area contributed by atoms with E-state index in [0.717, 1.165) is 38.5 Å². The normalized spacial score (nSPS) is 26.5. The van der Waals surface area contributed by atoms with Gasteiger partial charge in [0, 0.05) is 12.5 Å². The topological polar surface area (TPSA) is 120 Å². The van der Waals surface area contributed by atoms with Crippen molar-refractivity contribution < 1.29 is 38.1 Å². The van der Waals surface area contributed by atoms with Gasteiger partial charge < -0.3 is 29.2 Å². The Balaban J connectivity index is 1.38. The Morgan fingerprint density at radius 3 is 2.50 bits per heavy atom. The largest absolute Gasteiger partial charge is 0.509 e. The molecular formula is C30H50N2O8. The molecule has 1 amide bonds. The number of unbranched alkanes of at least 4 members (excludes halogenated alkanes) is 6. The summed E-state index contributed by atoms with van der Waals surface area (Å²) in [5.41, 5.74) is 0. The highest BCUT2D eigenvalue weighted by Gasteiger charge is 2.48. The molecule has 0 spiro atoms. The van der Waals surface area contributed by atoms with Crippen molar-refractivity contribution in [1.82, 2.24) is 10.2 Å². The number of fused-ring (bicyclic) bond motifs is 1. The Bertz CT molecular complexity index is 837. The zero-order valence-corrected chi connectivity index (χ0v) is 24.7. The zero-order chi connectivity index (χ0) is 28.9. The standard InChI is InChI=1S/C30H50N2O8/c1-4-5-6-7-8-13-18-37-29(35)25-19-23-14-9-10-15-24(23)32(25)28(34)21(2)31-17-12-11-16-27(33)38-20-26-22(3)39-30(36)40-26/h21-26,31H,4-20H2,1-3H3/t21?,22?,23-,24-,25-,26-/m0/s1. The average Bonchev–Trinajstić information content (AvgIpc) is 3.49. The molecule has 228 valence electrons. The first kappa shape index (κ1) is 32.2. The smallest absolute Gasteiger partial charge is 0.464 e. The molecule has 1 N–H and O–H groups in total. The molecule has 1 aliphatic carbocycles. The van der Waals surface area contributed by atoms with E-state index in [2.05, 4.69) is 12.2 Å². The SMILES string of the molecule is CCCCCCCCOC(=O)[C@@H]1C[C@@H]2CCCC[C@@H]2N1C(=O)C(C)NCCCCC(=O)OC[C@@H]1OC(=O)OC1C. The van der Waals surface area contributed by atoms with E-state index in [1.165, 1.54) is 25.7 Å². The summed E-state index contributed by atoms with van der Waals surface area (Å²) in [5, 5.41) is 3.28. The molecule has 40 heavy (non-hydrogen) atoms. The molecule has 0 aromatic carbocycles. The minimum Gasteiger partial charge on any atom is -0.464 e. The first-order chi connectivity index (χ1) is 19.3. The summed E-state index contributed by atoms with van der Waals surface area (Å²) >= 11 is 0. The monoisotopic (exact) mass is 566 g/mol. The van der Waals surface area contributed by atoms with Gasteiger partial charge in [0.05, 0.1) is 12.6 Å². The highest BCUT2D eigenvalue weighted by atomic mass is 16.8. The number of hydrogen-bond donors (Lipinski definition) is 1. The lowest BCUT2D eigenvalue weighted by Gasteiger charge is -2.35. The van der Waals surface area contributed by atoms with E-state index in [1.54, 1.807) is 6.92 Å². The van der Waals surface area contributed by atoms with Crippen LogP contribution in [0.15, 0.2) is 0 Å². The van der Waals surface area contributed by atoms with Gasteiger partial charge in [0.2, 0.25) is 5.91 Å². The predicted octanol–water partition coefficient (Wildman–Crippen LogP) is 4.67. The van der Waals surface area contributed by atoms with Crippen LogP contribution in [0.4, 0.5) is 4.79 Å². The van der Waals surface area contributed by atoms with Crippen LogP contribution in [0.25, 0.3) is 0 Å². The van der Waals surface area contributed by atoms with Crippen molar-refractivity contribution in [2.24, 2.45) is 5.92 Å². The lowest BCUT2D eigenvalue weighted by Crippen LogP contribution is -2.53. The van der Waals surface area contributed by atoms with Crippen LogP contribution in [0, 0.1) is 5.92 Å². The first-order valence-corrected chi connectivity index (χ1v) is 15.6. The number of cyclic esters (lactones) is 2. The van der Waals surface area contributed by atoms with Gasteiger partial charge in [-0.1, -0.05) is 51.9 Å². The third-order valence-corrected chi connectivity index (χ3v) is 8.45. The Morgan fingerprint density at radius 2 is 1.75 bits per heavy atom. The summed E-state index contributed by atoms with van der Waals surface area (Å²) in [4.78, 5) is 51.6. The molecule has 0 radical (unpaired) electrons. The molecule has 2 aliphatic heterocycles. The van der Waals surface area contributed by atoms with Crippen molar-refractivity contribution in [3.8, 4) is 0 Å². The molecule has 0 bridgehead atoms. The molecule has 10 heteroatoms. The third-order valence-electron chi connectivity index (χ3n) is 8.45. The van der Waals surface area contributed by atoms with Gasteiger partial charge in [-0.3, -0.25) is 9.59 Å². The molecule has 10 nitrogen and oxygen atoms in total. The average molecular weight is 567 g/mol. The molecule has 2 heterocycles. The lowest BCUT2D eigenvalue weighted by molar-refractivity contribution is -0.155. The predicted molar refractivity (Wildman–Crippen MR) is 148 cm³/mol. The number of carbonyl (C=O) groups is 4. The first-order valence-electron chi connectivity index (χ1n) is 15.6. The van der Waals surface area contributed by atoms with Crippen LogP contribution < -0.4 is 5.32 Å². The molecular weight excluding hydrogens is 516 g/mol. The van der Waals surface area contributed by atoms with Crippen LogP contribution in [0.2, 0.25) is 0 Å². The third kappa shape index (κ3) is 9.63. The molecule has 0 aromatic rings. The molecule has 6 atom stereocenters. The van der Waals surface area contributed by atoms with Crippen LogP contribution in [-0.2, 0) is 33.3 Å². The van der Waals surface area contributed by atoms with Gasteiger partial charge >= 0.3 is 18.1 Å². The van der Waals surface area contributed by atoms with E-state index in [1.807, 2.05) is 11.8 Å². The minimum absolute atomic E-state index is 0.0178. The maximum atomic E-state index is 13.6. The lowest BCUT2D eigenvalue weighted by atomic mass is 9.84. The van der Waals surface area contributed by atoms with Crippen LogP contribution >= 0.6 is 0 Å². The van der Waals surface area contributed by atoms with Gasteiger partial charge in [-0.15, -0.1) is 0 Å². The van der Waals surface area contributed by atoms with E-state index >= 15 is 0 Å². The van der Waals surface area contributed by atoms with Crippen molar-refractivity contribution in [2.75, 3.05) is 19.8 Å². The van der Waals surface area contributed by atoms with Crippen molar-refractivity contribution in [3.05, 3.63) is 0 Å². The van der Waals surface area contributed by atoms with E-state index in [0.29, 0.717) is 38.3 Å². The Morgan fingerprint density at radius 1 is 1.00 bits per heavy atom. The molecule has 1 saturated carbocycles. The maximum Gasteiger partial charge on any atom is 0.509 e. The Labute approximate surface area is 239 Å². The second kappa shape index (κ2) is 16.8. The van der Waals surface area contributed by atoms with Gasteiger partial charge in [0.1, 0.15) is 18.8 Å². The maximum absolute atomic E-state index is 13.6. The van der Waals surface area contributed by atoms with Gasteiger partial charge in [0.25, 0.3) is 0 Å². The van der Waals surface area contributed by atoms with Gasteiger partial charge in [-0.25, -0.2) is 9.59 Å². The zero-order valence-electron chi connectivity index (χ0n) is 24.7. The van der Waals surface area contributed by atoms with E-state index in [9.17, 15) is 19.2 Å². The summed E-state index contributed by atoms with van der Waals surface area (Å²) in [5.74, 6) is -0.292. The number of nitrogens with one attached hydrogen (secondary N) is 1. The molecule has 3 aliphatic rings. The highest BCUT2D eigenvalue weighted by molar-refractivity contribution is 5.88. The number of amides is 1. The molecule has 2 unspecified atom stereocenters.